The lowest BCUT2D eigenvalue weighted by atomic mass is 9.87. The Morgan fingerprint density at radius 2 is 1.79 bits per heavy atom. The number of nitrogens with one attached hydrogen (secondary N) is 1. The molecule has 5 nitrogen and oxygen atoms in total. The van der Waals surface area contributed by atoms with Gasteiger partial charge in [0.15, 0.2) is 0 Å². The topological polar surface area (TPSA) is 48.6 Å². The minimum atomic E-state index is -0.0507. The fraction of sp³-hybridized carbons (Fsp3) is 0.303. The van der Waals surface area contributed by atoms with Crippen molar-refractivity contribution in [2.75, 3.05) is 39.8 Å². The maximum absolute atomic E-state index is 13.6. The maximum atomic E-state index is 13.6. The van der Waals surface area contributed by atoms with Crippen LogP contribution in [0.3, 0.4) is 0 Å². The van der Waals surface area contributed by atoms with Crippen molar-refractivity contribution in [3.8, 4) is 5.75 Å². The zero-order valence-electron chi connectivity index (χ0n) is 22.4. The Kier molecular flexibility index (Phi) is 8.25. The number of piperazine rings is 1. The number of para-hydroxylation sites is 1. The maximum Gasteiger partial charge on any atom is 0.223 e. The van der Waals surface area contributed by atoms with Gasteiger partial charge in [0.25, 0.3) is 0 Å². The van der Waals surface area contributed by atoms with Crippen LogP contribution in [0.15, 0.2) is 85.1 Å². The average molecular weight is 508 g/mol. The smallest absolute Gasteiger partial charge is 0.223 e. The van der Waals surface area contributed by atoms with Gasteiger partial charge in [-0.15, -0.1) is 0 Å². The molecular formula is C33H37N3O2. The fourth-order valence-electron chi connectivity index (χ4n) is 5.47. The van der Waals surface area contributed by atoms with Gasteiger partial charge in [-0.2, -0.15) is 0 Å². The molecule has 0 bridgehead atoms. The number of nitrogens with zero attached hydrogens (tertiary/aromatic N) is 2. The number of hydrogen-bond donors (Lipinski definition) is 1. The molecule has 5 heteroatoms. The molecule has 0 spiro atoms. The summed E-state index contributed by atoms with van der Waals surface area (Å²) in [4.78, 5) is 21.6. The van der Waals surface area contributed by atoms with Crippen LogP contribution < -0.4 is 4.74 Å². The van der Waals surface area contributed by atoms with Gasteiger partial charge < -0.3 is 14.6 Å². The van der Waals surface area contributed by atoms with Gasteiger partial charge in [0.05, 0.1) is 7.11 Å². The molecule has 2 heterocycles. The number of ether oxygens (including phenoxy) is 1. The second-order valence-electron chi connectivity index (χ2n) is 9.97. The largest absolute Gasteiger partial charge is 0.497 e. The number of fused-ring (bicyclic) bond motifs is 1. The van der Waals surface area contributed by atoms with E-state index in [1.165, 1.54) is 27.6 Å². The molecule has 1 aromatic heterocycles. The van der Waals surface area contributed by atoms with E-state index in [0.29, 0.717) is 6.42 Å². The number of carbonyl (C=O) groups is 1. The van der Waals surface area contributed by atoms with Crippen molar-refractivity contribution in [2.45, 2.75) is 25.7 Å². The molecule has 0 saturated carbocycles. The molecule has 1 fully saturated rings. The monoisotopic (exact) mass is 507 g/mol. The molecular weight excluding hydrogens is 470 g/mol. The van der Waals surface area contributed by atoms with Crippen LogP contribution in [0.25, 0.3) is 17.0 Å². The number of aryl methyl sites for hydroxylation is 1. The summed E-state index contributed by atoms with van der Waals surface area (Å²) in [6.45, 7) is 6.38. The van der Waals surface area contributed by atoms with Crippen LogP contribution in [-0.4, -0.2) is 60.5 Å². The number of hydrogen-bond acceptors (Lipinski definition) is 3. The molecule has 1 saturated heterocycles. The van der Waals surface area contributed by atoms with E-state index in [1.54, 1.807) is 7.11 Å². The molecule has 3 aromatic carbocycles. The third-order valence-electron chi connectivity index (χ3n) is 7.66. The summed E-state index contributed by atoms with van der Waals surface area (Å²) >= 11 is 0. The number of rotatable bonds is 9. The Balaban J connectivity index is 1.30. The highest BCUT2D eigenvalue weighted by atomic mass is 16.5. The highest BCUT2D eigenvalue weighted by molar-refractivity contribution is 5.88. The predicted molar refractivity (Wildman–Crippen MR) is 156 cm³/mol. The van der Waals surface area contributed by atoms with E-state index >= 15 is 0 Å². The summed E-state index contributed by atoms with van der Waals surface area (Å²) in [6, 6.07) is 25.0. The van der Waals surface area contributed by atoms with Crippen molar-refractivity contribution in [1.82, 2.24) is 14.8 Å². The summed E-state index contributed by atoms with van der Waals surface area (Å²) in [5.74, 6) is 0.967. The molecule has 1 N–H and O–H groups in total. The normalized spacial score (nSPS) is 15.3. The average Bonchev–Trinajstić information content (AvgIpc) is 3.41. The Morgan fingerprint density at radius 1 is 1.00 bits per heavy atom. The Labute approximate surface area is 225 Å². The van der Waals surface area contributed by atoms with E-state index in [2.05, 4.69) is 89.8 Å². The molecule has 1 unspecified atom stereocenters. The van der Waals surface area contributed by atoms with Gasteiger partial charge in [-0.25, -0.2) is 0 Å². The number of aromatic amines is 1. The number of carbonyl (C=O) groups excluding carboxylic acids is 1. The van der Waals surface area contributed by atoms with E-state index < -0.39 is 0 Å². The van der Waals surface area contributed by atoms with Gasteiger partial charge in [0.2, 0.25) is 5.91 Å². The Morgan fingerprint density at radius 3 is 2.55 bits per heavy atom. The lowest BCUT2D eigenvalue weighted by Gasteiger charge is -2.35. The van der Waals surface area contributed by atoms with Crippen molar-refractivity contribution in [1.29, 1.82) is 0 Å². The van der Waals surface area contributed by atoms with Crippen LogP contribution in [0.2, 0.25) is 0 Å². The molecule has 0 radical (unpaired) electrons. The second kappa shape index (κ2) is 12.1. The molecule has 1 atom stereocenters. The van der Waals surface area contributed by atoms with Crippen molar-refractivity contribution < 1.29 is 9.53 Å². The van der Waals surface area contributed by atoms with Crippen molar-refractivity contribution in [3.63, 3.8) is 0 Å². The van der Waals surface area contributed by atoms with Gasteiger partial charge in [-0.3, -0.25) is 9.69 Å². The van der Waals surface area contributed by atoms with E-state index in [9.17, 15) is 4.79 Å². The number of aromatic nitrogens is 1. The van der Waals surface area contributed by atoms with E-state index in [1.807, 2.05) is 23.1 Å². The lowest BCUT2D eigenvalue weighted by Crippen LogP contribution is -2.48. The summed E-state index contributed by atoms with van der Waals surface area (Å²) in [5.41, 5.74) is 5.95. The van der Waals surface area contributed by atoms with Gasteiger partial charge in [0, 0.05) is 62.2 Å². The van der Waals surface area contributed by atoms with Crippen molar-refractivity contribution >= 4 is 22.9 Å². The van der Waals surface area contributed by atoms with Crippen LogP contribution in [0, 0.1) is 0 Å². The molecule has 1 aliphatic rings. The zero-order valence-corrected chi connectivity index (χ0v) is 22.4. The first-order chi connectivity index (χ1) is 18.7. The molecule has 5 rings (SSSR count). The van der Waals surface area contributed by atoms with E-state index in [0.717, 1.165) is 50.5 Å². The number of amides is 1. The first-order valence-electron chi connectivity index (χ1n) is 13.6. The van der Waals surface area contributed by atoms with Crippen LogP contribution in [0.1, 0.15) is 41.5 Å². The van der Waals surface area contributed by atoms with Crippen LogP contribution in [-0.2, 0) is 11.2 Å². The third kappa shape index (κ3) is 5.84. The van der Waals surface area contributed by atoms with Gasteiger partial charge in [-0.1, -0.05) is 79.7 Å². The van der Waals surface area contributed by atoms with Crippen LogP contribution in [0.5, 0.6) is 5.75 Å². The Hall–Kier alpha value is -3.83. The molecule has 1 amide bonds. The number of H-pyrrole nitrogens is 1. The molecule has 38 heavy (non-hydrogen) atoms. The number of methoxy groups -OCH3 is 1. The SMILES string of the molecule is CCc1cccc2c(C(CC(=O)N3CCN(CC=Cc4ccccc4)CC3)c3cccc(OC)c3)c[nH]c12. The first kappa shape index (κ1) is 25.8. The van der Waals surface area contributed by atoms with E-state index in [4.69, 9.17) is 4.74 Å². The highest BCUT2D eigenvalue weighted by Crippen LogP contribution is 2.36. The minimum absolute atomic E-state index is 0.0507. The standard InChI is InChI=1S/C33H37N3O2/c1-3-26-13-8-16-29-31(24-34-33(26)29)30(27-14-7-15-28(22-27)38-2)23-32(37)36-20-18-35(19-21-36)17-9-12-25-10-5-4-6-11-25/h4-16,22,24,30,34H,3,17-21,23H2,1-2H3. The Bertz CT molecular complexity index is 1380. The molecule has 1 aliphatic heterocycles. The summed E-state index contributed by atoms with van der Waals surface area (Å²) in [5, 5.41) is 1.19. The molecule has 196 valence electrons. The summed E-state index contributed by atoms with van der Waals surface area (Å²) in [6.07, 6.45) is 7.88. The van der Waals surface area contributed by atoms with Crippen molar-refractivity contribution in [2.24, 2.45) is 0 Å². The van der Waals surface area contributed by atoms with Gasteiger partial charge in [0.1, 0.15) is 5.75 Å². The molecule has 0 aliphatic carbocycles. The zero-order chi connectivity index (χ0) is 26.3. The van der Waals surface area contributed by atoms with E-state index in [-0.39, 0.29) is 11.8 Å². The van der Waals surface area contributed by atoms with Crippen molar-refractivity contribution in [3.05, 3.63) is 107 Å². The highest BCUT2D eigenvalue weighted by Gasteiger charge is 2.27. The number of benzene rings is 3. The lowest BCUT2D eigenvalue weighted by molar-refractivity contribution is -0.133. The second-order valence-corrected chi connectivity index (χ2v) is 9.97. The molecule has 4 aromatic rings. The third-order valence-corrected chi connectivity index (χ3v) is 7.66. The first-order valence-corrected chi connectivity index (χ1v) is 13.6. The minimum Gasteiger partial charge on any atom is -0.497 e. The van der Waals surface area contributed by atoms with Crippen LogP contribution >= 0.6 is 0 Å². The van der Waals surface area contributed by atoms with Gasteiger partial charge >= 0.3 is 0 Å². The fourth-order valence-corrected chi connectivity index (χ4v) is 5.47. The summed E-state index contributed by atoms with van der Waals surface area (Å²) < 4.78 is 5.53. The quantitative estimate of drug-likeness (QED) is 0.297. The predicted octanol–water partition coefficient (Wildman–Crippen LogP) is 6.12. The summed E-state index contributed by atoms with van der Waals surface area (Å²) in [7, 11) is 1.69. The van der Waals surface area contributed by atoms with Crippen LogP contribution in [0.4, 0.5) is 0 Å². The van der Waals surface area contributed by atoms with Gasteiger partial charge in [-0.05, 0) is 40.8 Å².